The summed E-state index contributed by atoms with van der Waals surface area (Å²) in [6, 6.07) is 15.0. The van der Waals surface area contributed by atoms with Crippen LogP contribution in [-0.4, -0.2) is 47.2 Å². The monoisotopic (exact) mass is 396 g/mol. The van der Waals surface area contributed by atoms with E-state index in [4.69, 9.17) is 16.3 Å². The van der Waals surface area contributed by atoms with Crippen LogP contribution in [0.1, 0.15) is 15.9 Å². The van der Waals surface area contributed by atoms with Gasteiger partial charge in [0.05, 0.1) is 23.8 Å². The van der Waals surface area contributed by atoms with Crippen LogP contribution in [0.2, 0.25) is 5.02 Å². The number of ether oxygens (including phenoxy) is 1. The topological polar surface area (TPSA) is 62.7 Å². The first-order chi connectivity index (χ1) is 13.6. The molecule has 0 spiro atoms. The first-order valence-corrected chi connectivity index (χ1v) is 9.58. The van der Waals surface area contributed by atoms with E-state index < -0.39 is 6.10 Å². The van der Waals surface area contributed by atoms with Crippen LogP contribution in [0.4, 0.5) is 0 Å². The van der Waals surface area contributed by atoms with Gasteiger partial charge in [0.1, 0.15) is 5.75 Å². The number of benzene rings is 2. The number of carbonyl (C=O) groups is 1. The Balaban J connectivity index is 1.51. The molecule has 1 fully saturated rings. The lowest BCUT2D eigenvalue weighted by Crippen LogP contribution is -2.29. The van der Waals surface area contributed by atoms with Crippen molar-refractivity contribution >= 4 is 28.4 Å². The zero-order chi connectivity index (χ0) is 19.7. The molecule has 144 valence electrons. The standard InChI is InChI=1S/C22H21ClN2O3/c1-28-21-7-6-15(11-18(21)23)22(27)25-12-16(20(26)13-25)10-14-8-9-24-19-5-3-2-4-17(14)19/h2-9,11,16,20,26H,10,12-13H2,1H3/t16-,20-/m1/s1. The maximum Gasteiger partial charge on any atom is 0.254 e. The molecule has 0 saturated carbocycles. The van der Waals surface area contributed by atoms with Gasteiger partial charge in [0.2, 0.25) is 0 Å². The number of rotatable bonds is 4. The highest BCUT2D eigenvalue weighted by molar-refractivity contribution is 6.32. The number of pyridine rings is 1. The van der Waals surface area contributed by atoms with Gasteiger partial charge in [0.25, 0.3) is 5.91 Å². The number of likely N-dealkylation sites (tertiary alicyclic amines) is 1. The van der Waals surface area contributed by atoms with E-state index in [0.717, 1.165) is 16.5 Å². The molecular weight excluding hydrogens is 376 g/mol. The second-order valence-electron chi connectivity index (χ2n) is 7.08. The molecule has 0 bridgehead atoms. The molecule has 1 saturated heterocycles. The zero-order valence-corrected chi connectivity index (χ0v) is 16.3. The van der Waals surface area contributed by atoms with Gasteiger partial charge in [-0.05, 0) is 42.3 Å². The SMILES string of the molecule is COc1ccc(C(=O)N2C[C@@H](Cc3ccnc4ccccc34)[C@H](O)C2)cc1Cl. The maximum atomic E-state index is 12.9. The van der Waals surface area contributed by atoms with E-state index in [2.05, 4.69) is 4.98 Å². The molecule has 2 aromatic carbocycles. The molecule has 1 aliphatic heterocycles. The average molecular weight is 397 g/mol. The number of nitrogens with zero attached hydrogens (tertiary/aromatic N) is 2. The fourth-order valence-corrected chi connectivity index (χ4v) is 4.08. The van der Waals surface area contributed by atoms with Crippen molar-refractivity contribution in [2.75, 3.05) is 20.2 Å². The number of carbonyl (C=O) groups excluding carboxylic acids is 1. The summed E-state index contributed by atoms with van der Waals surface area (Å²) in [5.74, 6) is 0.372. The van der Waals surface area contributed by atoms with Gasteiger partial charge in [-0.2, -0.15) is 0 Å². The van der Waals surface area contributed by atoms with Crippen molar-refractivity contribution in [2.45, 2.75) is 12.5 Å². The van der Waals surface area contributed by atoms with Crippen molar-refractivity contribution in [3.8, 4) is 5.75 Å². The first kappa shape index (κ1) is 18.7. The van der Waals surface area contributed by atoms with Crippen LogP contribution >= 0.6 is 11.6 Å². The molecule has 5 nitrogen and oxygen atoms in total. The van der Waals surface area contributed by atoms with Crippen molar-refractivity contribution in [1.29, 1.82) is 0 Å². The number of hydrogen-bond donors (Lipinski definition) is 1. The van der Waals surface area contributed by atoms with Gasteiger partial charge in [-0.25, -0.2) is 0 Å². The van der Waals surface area contributed by atoms with E-state index in [-0.39, 0.29) is 11.8 Å². The number of methoxy groups -OCH3 is 1. The minimum absolute atomic E-state index is 0.0246. The second-order valence-corrected chi connectivity index (χ2v) is 7.49. The van der Waals surface area contributed by atoms with Gasteiger partial charge in [-0.15, -0.1) is 0 Å². The number of aliphatic hydroxyl groups excluding tert-OH is 1. The smallest absolute Gasteiger partial charge is 0.254 e. The van der Waals surface area contributed by atoms with Crippen LogP contribution in [-0.2, 0) is 6.42 Å². The molecule has 0 aliphatic carbocycles. The second kappa shape index (κ2) is 7.78. The Hall–Kier alpha value is -2.63. The van der Waals surface area contributed by atoms with E-state index in [0.29, 0.717) is 35.8 Å². The molecular formula is C22H21ClN2O3. The number of fused-ring (bicyclic) bond motifs is 1. The molecule has 1 amide bonds. The normalized spacial score (nSPS) is 19.2. The Kier molecular flexibility index (Phi) is 5.20. The number of β-amino-alcohol motifs (C(OH)–C–C–N with tert-alkyl or cyclic N) is 1. The summed E-state index contributed by atoms with van der Waals surface area (Å²) in [5, 5.41) is 12.1. The van der Waals surface area contributed by atoms with Crippen LogP contribution in [0, 0.1) is 5.92 Å². The van der Waals surface area contributed by atoms with E-state index in [9.17, 15) is 9.90 Å². The van der Waals surface area contributed by atoms with Crippen LogP contribution in [0.3, 0.4) is 0 Å². The number of halogens is 1. The van der Waals surface area contributed by atoms with Gasteiger partial charge in [-0.1, -0.05) is 29.8 Å². The van der Waals surface area contributed by atoms with Crippen molar-refractivity contribution in [3.05, 3.63) is 70.9 Å². The predicted molar refractivity (Wildman–Crippen MR) is 109 cm³/mol. The van der Waals surface area contributed by atoms with Gasteiger partial charge in [0.15, 0.2) is 0 Å². The molecule has 1 aliphatic rings. The summed E-state index contributed by atoms with van der Waals surface area (Å²) in [4.78, 5) is 18.9. The minimum atomic E-state index is -0.565. The Labute approximate surface area is 168 Å². The highest BCUT2D eigenvalue weighted by Crippen LogP contribution is 2.29. The van der Waals surface area contributed by atoms with Crippen molar-refractivity contribution in [1.82, 2.24) is 9.88 Å². The summed E-state index contributed by atoms with van der Waals surface area (Å²) >= 11 is 6.15. The van der Waals surface area contributed by atoms with Crippen LogP contribution in [0.5, 0.6) is 5.75 Å². The maximum absolute atomic E-state index is 12.9. The predicted octanol–water partition coefficient (Wildman–Crippen LogP) is 3.57. The summed E-state index contributed by atoms with van der Waals surface area (Å²) < 4.78 is 5.14. The molecule has 28 heavy (non-hydrogen) atoms. The fourth-order valence-electron chi connectivity index (χ4n) is 3.82. The van der Waals surface area contributed by atoms with Crippen LogP contribution in [0.25, 0.3) is 10.9 Å². The van der Waals surface area contributed by atoms with Gasteiger partial charge >= 0.3 is 0 Å². The Morgan fingerprint density at radius 1 is 1.25 bits per heavy atom. The molecule has 1 aromatic heterocycles. The van der Waals surface area contributed by atoms with Crippen LogP contribution in [0.15, 0.2) is 54.7 Å². The highest BCUT2D eigenvalue weighted by atomic mass is 35.5. The molecule has 1 N–H and O–H groups in total. The highest BCUT2D eigenvalue weighted by Gasteiger charge is 2.34. The first-order valence-electron chi connectivity index (χ1n) is 9.20. The van der Waals surface area contributed by atoms with Crippen molar-refractivity contribution in [3.63, 3.8) is 0 Å². The number of amides is 1. The number of aromatic nitrogens is 1. The third kappa shape index (κ3) is 3.55. The van der Waals surface area contributed by atoms with E-state index in [1.165, 1.54) is 7.11 Å². The van der Waals surface area contributed by atoms with Crippen molar-refractivity contribution in [2.24, 2.45) is 5.92 Å². The van der Waals surface area contributed by atoms with E-state index >= 15 is 0 Å². The largest absolute Gasteiger partial charge is 0.495 e. The molecule has 2 heterocycles. The molecule has 0 unspecified atom stereocenters. The van der Waals surface area contributed by atoms with Crippen molar-refractivity contribution < 1.29 is 14.6 Å². The van der Waals surface area contributed by atoms with Gasteiger partial charge < -0.3 is 14.7 Å². The van der Waals surface area contributed by atoms with Gasteiger partial charge in [0, 0.05) is 36.2 Å². The van der Waals surface area contributed by atoms with Crippen LogP contribution < -0.4 is 4.74 Å². The summed E-state index contributed by atoms with van der Waals surface area (Å²) in [7, 11) is 1.53. The quantitative estimate of drug-likeness (QED) is 0.732. The minimum Gasteiger partial charge on any atom is -0.495 e. The number of hydrogen-bond acceptors (Lipinski definition) is 4. The third-order valence-corrected chi connectivity index (χ3v) is 5.61. The van der Waals surface area contributed by atoms with Gasteiger partial charge in [-0.3, -0.25) is 9.78 Å². The fraction of sp³-hybridized carbons (Fsp3) is 0.273. The zero-order valence-electron chi connectivity index (χ0n) is 15.5. The van der Waals surface area contributed by atoms with E-state index in [1.807, 2.05) is 30.3 Å². The average Bonchev–Trinajstić information content (AvgIpc) is 3.08. The summed E-state index contributed by atoms with van der Waals surface area (Å²) in [5.41, 5.74) is 2.57. The molecule has 2 atom stereocenters. The summed E-state index contributed by atoms with van der Waals surface area (Å²) in [6.07, 6.45) is 1.92. The molecule has 6 heteroatoms. The molecule has 4 rings (SSSR count). The Morgan fingerprint density at radius 3 is 2.86 bits per heavy atom. The lowest BCUT2D eigenvalue weighted by molar-refractivity contribution is 0.0764. The third-order valence-electron chi connectivity index (χ3n) is 5.31. The summed E-state index contributed by atoms with van der Waals surface area (Å²) in [6.45, 7) is 0.816. The lowest BCUT2D eigenvalue weighted by Gasteiger charge is -2.17. The Bertz CT molecular complexity index is 1020. The number of para-hydroxylation sites is 1. The Morgan fingerprint density at radius 2 is 2.07 bits per heavy atom. The molecule has 0 radical (unpaired) electrons. The van der Waals surface area contributed by atoms with E-state index in [1.54, 1.807) is 29.3 Å². The number of aliphatic hydroxyl groups is 1. The molecule has 3 aromatic rings. The lowest BCUT2D eigenvalue weighted by atomic mass is 9.94.